The number of nitrogens with zero attached hydrogens (tertiary/aromatic N) is 1. The minimum atomic E-state index is 0.451. The van der Waals surface area contributed by atoms with Crippen LogP contribution in [0.2, 0.25) is 0 Å². The van der Waals surface area contributed by atoms with Crippen molar-refractivity contribution in [2.75, 3.05) is 32.8 Å². The number of nitrogens with one attached hydrogen (secondary N) is 1. The fourth-order valence-corrected chi connectivity index (χ4v) is 3.04. The lowest BCUT2D eigenvalue weighted by molar-refractivity contribution is 0.0448. The smallest absolute Gasteiger partial charge is 0.0651 e. The molecule has 0 saturated carbocycles. The van der Waals surface area contributed by atoms with E-state index in [1.807, 2.05) is 0 Å². The van der Waals surface area contributed by atoms with Crippen molar-refractivity contribution in [3.05, 3.63) is 0 Å². The second-order valence-corrected chi connectivity index (χ2v) is 4.64. The largest absolute Gasteiger partial charge is 0.379 e. The fourth-order valence-electron chi connectivity index (χ4n) is 3.04. The molecule has 0 aliphatic carbocycles. The second kappa shape index (κ2) is 2.94. The maximum atomic E-state index is 5.57. The molecule has 0 aromatic rings. The maximum absolute atomic E-state index is 5.57. The van der Waals surface area contributed by atoms with E-state index in [-0.39, 0.29) is 0 Å². The molecule has 3 saturated heterocycles. The Kier molecular flexibility index (Phi) is 1.86. The maximum Gasteiger partial charge on any atom is 0.0651 e. The molecule has 3 rings (SSSR count). The van der Waals surface area contributed by atoms with E-state index < -0.39 is 0 Å². The van der Waals surface area contributed by atoms with Gasteiger partial charge in [0.2, 0.25) is 0 Å². The van der Waals surface area contributed by atoms with Gasteiger partial charge in [0, 0.05) is 31.3 Å². The molecule has 3 nitrogen and oxygen atoms in total. The molecular weight excluding hydrogens is 164 g/mol. The van der Waals surface area contributed by atoms with E-state index in [9.17, 15) is 0 Å². The summed E-state index contributed by atoms with van der Waals surface area (Å²) in [6.45, 7) is 5.67. The number of hydrogen-bond donors (Lipinski definition) is 1. The van der Waals surface area contributed by atoms with Crippen molar-refractivity contribution in [1.82, 2.24) is 10.2 Å². The third-order valence-electron chi connectivity index (χ3n) is 3.93. The van der Waals surface area contributed by atoms with Crippen LogP contribution in [0.3, 0.4) is 0 Å². The number of likely N-dealkylation sites (tertiary alicyclic amines) is 1. The molecule has 0 amide bonds. The van der Waals surface area contributed by atoms with Gasteiger partial charge in [-0.25, -0.2) is 0 Å². The topological polar surface area (TPSA) is 24.5 Å². The minimum absolute atomic E-state index is 0.451. The molecule has 1 unspecified atom stereocenters. The summed E-state index contributed by atoms with van der Waals surface area (Å²) in [7, 11) is 0. The Morgan fingerprint density at radius 2 is 2.23 bits per heavy atom. The van der Waals surface area contributed by atoms with Crippen LogP contribution in [-0.4, -0.2) is 49.3 Å². The molecule has 13 heavy (non-hydrogen) atoms. The van der Waals surface area contributed by atoms with Gasteiger partial charge >= 0.3 is 0 Å². The van der Waals surface area contributed by atoms with Crippen LogP contribution in [0.5, 0.6) is 0 Å². The zero-order chi connectivity index (χ0) is 8.73. The van der Waals surface area contributed by atoms with E-state index in [0.29, 0.717) is 5.54 Å². The van der Waals surface area contributed by atoms with Crippen molar-refractivity contribution in [3.8, 4) is 0 Å². The van der Waals surface area contributed by atoms with Crippen molar-refractivity contribution < 1.29 is 4.74 Å². The summed E-state index contributed by atoms with van der Waals surface area (Å²) in [5, 5.41) is 3.36. The highest BCUT2D eigenvalue weighted by Gasteiger charge is 2.47. The number of ether oxygens (including phenoxy) is 1. The Balaban J connectivity index is 1.77. The van der Waals surface area contributed by atoms with E-state index in [0.717, 1.165) is 19.3 Å². The molecular formula is C10H18N2O. The van der Waals surface area contributed by atoms with Crippen LogP contribution < -0.4 is 5.32 Å². The molecule has 0 bridgehead atoms. The molecule has 0 aromatic heterocycles. The van der Waals surface area contributed by atoms with Crippen molar-refractivity contribution >= 4 is 0 Å². The molecule has 74 valence electrons. The Labute approximate surface area is 79.4 Å². The van der Waals surface area contributed by atoms with Crippen LogP contribution >= 0.6 is 0 Å². The van der Waals surface area contributed by atoms with Crippen LogP contribution in [0.25, 0.3) is 0 Å². The van der Waals surface area contributed by atoms with Crippen LogP contribution in [0.4, 0.5) is 0 Å². The van der Waals surface area contributed by atoms with Gasteiger partial charge < -0.3 is 10.1 Å². The molecule has 3 aliphatic heterocycles. The summed E-state index contributed by atoms with van der Waals surface area (Å²) in [6, 6.07) is 0.809. The molecule has 3 fully saturated rings. The highest BCUT2D eigenvalue weighted by molar-refractivity contribution is 5.03. The van der Waals surface area contributed by atoms with Gasteiger partial charge in [0.05, 0.1) is 6.61 Å². The normalized spacial score (nSPS) is 41.5. The predicted octanol–water partition coefficient (Wildman–Crippen LogP) is 0.213. The fraction of sp³-hybridized carbons (Fsp3) is 1.00. The van der Waals surface area contributed by atoms with E-state index in [1.165, 1.54) is 38.9 Å². The Hall–Kier alpha value is -0.120. The van der Waals surface area contributed by atoms with Crippen LogP contribution in [0, 0.1) is 0 Å². The molecule has 0 radical (unpaired) electrons. The highest BCUT2D eigenvalue weighted by Crippen LogP contribution is 2.38. The Morgan fingerprint density at radius 3 is 2.85 bits per heavy atom. The average molecular weight is 182 g/mol. The SMILES string of the molecule is C1CN(C2CNC2)C2(C1)CCOC2. The van der Waals surface area contributed by atoms with Gasteiger partial charge in [-0.05, 0) is 25.8 Å². The van der Waals surface area contributed by atoms with Crippen LogP contribution in [-0.2, 0) is 4.74 Å². The van der Waals surface area contributed by atoms with Gasteiger partial charge in [-0.1, -0.05) is 0 Å². The summed E-state index contributed by atoms with van der Waals surface area (Å²) >= 11 is 0. The third-order valence-corrected chi connectivity index (χ3v) is 3.93. The second-order valence-electron chi connectivity index (χ2n) is 4.64. The summed E-state index contributed by atoms with van der Waals surface area (Å²) < 4.78 is 5.57. The third kappa shape index (κ3) is 1.14. The van der Waals surface area contributed by atoms with Gasteiger partial charge in [0.15, 0.2) is 0 Å². The van der Waals surface area contributed by atoms with Gasteiger partial charge in [0.1, 0.15) is 0 Å². The van der Waals surface area contributed by atoms with Gasteiger partial charge in [0.25, 0.3) is 0 Å². The van der Waals surface area contributed by atoms with Crippen molar-refractivity contribution in [2.45, 2.75) is 30.8 Å². The Morgan fingerprint density at radius 1 is 1.31 bits per heavy atom. The standard InChI is InChI=1S/C10H18N2O/c1-2-10(3-5-13-8-10)12(4-1)9-6-11-7-9/h9,11H,1-8H2. The summed E-state index contributed by atoms with van der Waals surface area (Å²) in [6.07, 6.45) is 4.01. The van der Waals surface area contributed by atoms with Crippen molar-refractivity contribution in [3.63, 3.8) is 0 Å². The summed E-state index contributed by atoms with van der Waals surface area (Å²) in [4.78, 5) is 2.72. The zero-order valence-electron chi connectivity index (χ0n) is 8.09. The first-order valence-electron chi connectivity index (χ1n) is 5.46. The van der Waals surface area contributed by atoms with Crippen molar-refractivity contribution in [2.24, 2.45) is 0 Å². The van der Waals surface area contributed by atoms with E-state index >= 15 is 0 Å². The van der Waals surface area contributed by atoms with E-state index in [1.54, 1.807) is 0 Å². The first-order chi connectivity index (χ1) is 6.41. The predicted molar refractivity (Wildman–Crippen MR) is 50.8 cm³/mol. The first kappa shape index (κ1) is 8.21. The van der Waals surface area contributed by atoms with E-state index in [2.05, 4.69) is 10.2 Å². The quantitative estimate of drug-likeness (QED) is 0.627. The first-order valence-corrected chi connectivity index (χ1v) is 5.46. The summed E-state index contributed by atoms with van der Waals surface area (Å²) in [5.41, 5.74) is 0.451. The summed E-state index contributed by atoms with van der Waals surface area (Å²) in [5.74, 6) is 0. The molecule has 3 heteroatoms. The highest BCUT2D eigenvalue weighted by atomic mass is 16.5. The zero-order valence-corrected chi connectivity index (χ0v) is 8.09. The average Bonchev–Trinajstić information content (AvgIpc) is 2.62. The monoisotopic (exact) mass is 182 g/mol. The Bertz CT molecular complexity index is 192. The number of hydrogen-bond acceptors (Lipinski definition) is 3. The van der Waals surface area contributed by atoms with Gasteiger partial charge in [-0.15, -0.1) is 0 Å². The van der Waals surface area contributed by atoms with Gasteiger partial charge in [-0.3, -0.25) is 4.90 Å². The minimum Gasteiger partial charge on any atom is -0.379 e. The molecule has 1 N–H and O–H groups in total. The lowest BCUT2D eigenvalue weighted by Gasteiger charge is -2.44. The van der Waals surface area contributed by atoms with Crippen LogP contribution in [0.1, 0.15) is 19.3 Å². The lowest BCUT2D eigenvalue weighted by atomic mass is 9.93. The van der Waals surface area contributed by atoms with Gasteiger partial charge in [-0.2, -0.15) is 0 Å². The van der Waals surface area contributed by atoms with E-state index in [4.69, 9.17) is 4.74 Å². The molecule has 1 spiro atoms. The molecule has 3 heterocycles. The number of rotatable bonds is 1. The molecule has 3 aliphatic rings. The van der Waals surface area contributed by atoms with Crippen molar-refractivity contribution in [1.29, 1.82) is 0 Å². The molecule has 0 aromatic carbocycles. The molecule has 1 atom stereocenters. The lowest BCUT2D eigenvalue weighted by Crippen LogP contribution is -2.62. The van der Waals surface area contributed by atoms with Crippen LogP contribution in [0.15, 0.2) is 0 Å².